The van der Waals surface area contributed by atoms with Crippen molar-refractivity contribution in [2.24, 2.45) is 0 Å². The Labute approximate surface area is 157 Å². The molecule has 28 heavy (non-hydrogen) atoms. The molecule has 1 aromatic rings. The molecule has 0 atom stereocenters. The summed E-state index contributed by atoms with van der Waals surface area (Å²) >= 11 is 5.54. The van der Waals surface area contributed by atoms with Crippen LogP contribution < -0.4 is 5.32 Å². The fourth-order valence-electron chi connectivity index (χ4n) is 1.74. The Morgan fingerprint density at radius 3 is 1.93 bits per heavy atom. The van der Waals surface area contributed by atoms with E-state index in [1.165, 1.54) is 12.2 Å². The van der Waals surface area contributed by atoms with Gasteiger partial charge in [-0.15, -0.1) is 0 Å². The number of anilines is 1. The molecule has 0 radical (unpaired) electrons. The first kappa shape index (κ1) is 23.9. The molecular formula is C15H11ClF9NO2. The number of alkyl halides is 9. The zero-order chi connectivity index (χ0) is 22.0. The first-order chi connectivity index (χ1) is 12.6. The molecule has 13 heteroatoms. The summed E-state index contributed by atoms with van der Waals surface area (Å²) < 4.78 is 123. The third-order valence-electron chi connectivity index (χ3n) is 3.15. The summed E-state index contributed by atoms with van der Waals surface area (Å²) in [5.41, 5.74) is -2.69. The summed E-state index contributed by atoms with van der Waals surface area (Å²) in [6.07, 6.45) is -7.33. The number of hydrogen-bond donors (Lipinski definition) is 1. The highest BCUT2D eigenvalue weighted by molar-refractivity contribution is 6.30. The Morgan fingerprint density at radius 1 is 1.00 bits per heavy atom. The number of allylic oxidation sites excluding steroid dienone is 1. The lowest BCUT2D eigenvalue weighted by atomic mass is 10.00. The largest absolute Gasteiger partial charge is 0.463 e. The maximum atomic E-state index is 14.2. The van der Waals surface area contributed by atoms with Crippen LogP contribution in [-0.4, -0.2) is 36.5 Å². The number of rotatable bonds is 7. The highest BCUT2D eigenvalue weighted by Gasteiger charge is 2.82. The Kier molecular flexibility index (Phi) is 6.92. The normalized spacial score (nSPS) is 14.0. The maximum absolute atomic E-state index is 14.2. The van der Waals surface area contributed by atoms with E-state index in [4.69, 9.17) is 11.6 Å². The second-order valence-electron chi connectivity index (χ2n) is 5.16. The van der Waals surface area contributed by atoms with Crippen LogP contribution in [0.4, 0.5) is 45.2 Å². The molecule has 0 heterocycles. The highest BCUT2D eigenvalue weighted by Crippen LogP contribution is 2.55. The maximum Gasteiger partial charge on any atom is 0.460 e. The quantitative estimate of drug-likeness (QED) is 0.335. The first-order valence-electron chi connectivity index (χ1n) is 7.19. The van der Waals surface area contributed by atoms with Gasteiger partial charge in [-0.05, 0) is 31.2 Å². The molecule has 0 bridgehead atoms. The van der Waals surface area contributed by atoms with Crippen molar-refractivity contribution in [3.05, 3.63) is 41.1 Å². The van der Waals surface area contributed by atoms with Gasteiger partial charge in [-0.2, -0.15) is 39.5 Å². The molecule has 3 nitrogen and oxygen atoms in total. The van der Waals surface area contributed by atoms with Gasteiger partial charge in [-0.1, -0.05) is 11.6 Å². The predicted octanol–water partition coefficient (Wildman–Crippen LogP) is 5.67. The van der Waals surface area contributed by atoms with Crippen LogP contribution in [0.5, 0.6) is 0 Å². The van der Waals surface area contributed by atoms with E-state index in [0.717, 1.165) is 24.3 Å². The van der Waals surface area contributed by atoms with Crippen LogP contribution in [0.25, 0.3) is 0 Å². The van der Waals surface area contributed by atoms with Gasteiger partial charge in [0.25, 0.3) is 0 Å². The fraction of sp³-hybridized carbons (Fsp3) is 0.400. The van der Waals surface area contributed by atoms with Gasteiger partial charge in [0.05, 0.1) is 12.3 Å². The molecule has 0 aliphatic heterocycles. The van der Waals surface area contributed by atoms with E-state index in [0.29, 0.717) is 0 Å². The molecule has 0 saturated carbocycles. The lowest BCUT2D eigenvalue weighted by Gasteiger charge is -2.34. The number of benzene rings is 1. The molecule has 0 saturated heterocycles. The van der Waals surface area contributed by atoms with E-state index >= 15 is 0 Å². The van der Waals surface area contributed by atoms with Crippen molar-refractivity contribution < 1.29 is 49.0 Å². The highest BCUT2D eigenvalue weighted by atomic mass is 35.5. The average Bonchev–Trinajstić information content (AvgIpc) is 2.55. The Hall–Kier alpha value is -2.11. The van der Waals surface area contributed by atoms with Gasteiger partial charge in [-0.25, -0.2) is 4.79 Å². The summed E-state index contributed by atoms with van der Waals surface area (Å²) in [4.78, 5) is 11.4. The molecule has 0 spiro atoms. The minimum Gasteiger partial charge on any atom is -0.463 e. The molecule has 1 aromatic carbocycles. The van der Waals surface area contributed by atoms with E-state index in [-0.39, 0.29) is 11.1 Å². The van der Waals surface area contributed by atoms with Crippen molar-refractivity contribution >= 4 is 23.3 Å². The molecule has 0 amide bonds. The lowest BCUT2D eigenvalue weighted by molar-refractivity contribution is -0.389. The molecular weight excluding hydrogens is 433 g/mol. The van der Waals surface area contributed by atoms with Crippen molar-refractivity contribution in [2.45, 2.75) is 30.9 Å². The minimum atomic E-state index is -7.11. The smallest absolute Gasteiger partial charge is 0.460 e. The van der Waals surface area contributed by atoms with Crippen LogP contribution in [0.1, 0.15) is 6.92 Å². The van der Waals surface area contributed by atoms with Gasteiger partial charge in [0.15, 0.2) is 0 Å². The molecule has 0 aliphatic carbocycles. The van der Waals surface area contributed by atoms with Crippen LogP contribution in [0.2, 0.25) is 5.02 Å². The molecule has 0 fully saturated rings. The monoisotopic (exact) mass is 443 g/mol. The molecule has 1 N–H and O–H groups in total. The summed E-state index contributed by atoms with van der Waals surface area (Å²) in [5, 5.41) is 1.61. The minimum absolute atomic E-state index is 0.0715. The van der Waals surface area contributed by atoms with Crippen LogP contribution in [-0.2, 0) is 9.53 Å². The Morgan fingerprint density at radius 2 is 1.50 bits per heavy atom. The number of nitrogens with one attached hydrogen (secondary N) is 1. The van der Waals surface area contributed by atoms with Gasteiger partial charge in [0.1, 0.15) is 0 Å². The van der Waals surface area contributed by atoms with E-state index in [2.05, 4.69) is 4.74 Å². The Balaban J connectivity index is 3.48. The van der Waals surface area contributed by atoms with Gasteiger partial charge in [0, 0.05) is 16.8 Å². The summed E-state index contributed by atoms with van der Waals surface area (Å²) in [6, 6.07) is 4.01. The Bertz CT molecular complexity index is 730. The average molecular weight is 444 g/mol. The number of halogens is 10. The van der Waals surface area contributed by atoms with E-state index in [1.807, 2.05) is 0 Å². The predicted molar refractivity (Wildman–Crippen MR) is 80.7 cm³/mol. The van der Waals surface area contributed by atoms with Crippen molar-refractivity contribution in [3.8, 4) is 0 Å². The topological polar surface area (TPSA) is 38.3 Å². The van der Waals surface area contributed by atoms with E-state index < -0.39 is 47.9 Å². The summed E-state index contributed by atoms with van der Waals surface area (Å²) in [7, 11) is 0. The first-order valence-corrected chi connectivity index (χ1v) is 7.57. The molecule has 0 aromatic heterocycles. The number of esters is 1. The third kappa shape index (κ3) is 4.65. The second-order valence-corrected chi connectivity index (χ2v) is 5.60. The van der Waals surface area contributed by atoms with E-state index in [9.17, 15) is 44.3 Å². The van der Waals surface area contributed by atoms with Crippen LogP contribution in [0.3, 0.4) is 0 Å². The number of hydrogen-bond acceptors (Lipinski definition) is 3. The number of carbonyl (C=O) groups is 1. The van der Waals surface area contributed by atoms with Crippen LogP contribution in [0, 0.1) is 0 Å². The van der Waals surface area contributed by atoms with E-state index in [1.54, 1.807) is 0 Å². The SMILES string of the molecule is CCOC(=O)/C=C(/Nc1ccc(Cl)cc1)C(F)(F)C(F)(F)C(F)(F)C(F)(F)F. The second kappa shape index (κ2) is 8.10. The van der Waals surface area contributed by atoms with Gasteiger partial charge in [-0.3, -0.25) is 0 Å². The molecule has 158 valence electrons. The van der Waals surface area contributed by atoms with Crippen molar-refractivity contribution in [1.82, 2.24) is 0 Å². The van der Waals surface area contributed by atoms with Crippen LogP contribution >= 0.6 is 11.6 Å². The standard InChI is InChI=1S/C15H11ClF9NO2/c1-2-28-11(27)7-10(26-9-5-3-8(16)4-6-9)12(17,18)13(19,20)14(21,22)15(23,24)25/h3-7,26H,2H2,1H3/b10-7+. The fourth-order valence-corrected chi connectivity index (χ4v) is 1.87. The van der Waals surface area contributed by atoms with Crippen LogP contribution in [0.15, 0.2) is 36.0 Å². The number of ether oxygens (including phenoxy) is 1. The zero-order valence-corrected chi connectivity index (χ0v) is 14.4. The van der Waals surface area contributed by atoms with Gasteiger partial charge in [0.2, 0.25) is 0 Å². The van der Waals surface area contributed by atoms with Gasteiger partial charge >= 0.3 is 29.9 Å². The zero-order valence-electron chi connectivity index (χ0n) is 13.7. The van der Waals surface area contributed by atoms with Gasteiger partial charge < -0.3 is 10.1 Å². The molecule has 0 unspecified atom stereocenters. The molecule has 0 aliphatic rings. The number of carbonyl (C=O) groups excluding carboxylic acids is 1. The van der Waals surface area contributed by atoms with Crippen molar-refractivity contribution in [1.29, 1.82) is 0 Å². The van der Waals surface area contributed by atoms with Crippen molar-refractivity contribution in [2.75, 3.05) is 11.9 Å². The molecule has 1 rings (SSSR count). The van der Waals surface area contributed by atoms with Crippen molar-refractivity contribution in [3.63, 3.8) is 0 Å². The third-order valence-corrected chi connectivity index (χ3v) is 3.41. The summed E-state index contributed by atoms with van der Waals surface area (Å²) in [5.74, 6) is -21.9. The summed E-state index contributed by atoms with van der Waals surface area (Å²) in [6.45, 7) is 0.798. The lowest BCUT2D eigenvalue weighted by Crippen LogP contribution is -2.62.